The molecule has 98 valence electrons. The molecular formula is C14H18F2N2. The molecule has 2 aliphatic rings. The van der Waals surface area contributed by atoms with Gasteiger partial charge in [-0.1, -0.05) is 0 Å². The zero-order chi connectivity index (χ0) is 12.5. The third-order valence-corrected chi connectivity index (χ3v) is 3.87. The Kier molecular flexibility index (Phi) is 3.31. The summed E-state index contributed by atoms with van der Waals surface area (Å²) in [7, 11) is 0. The molecule has 1 N–H and O–H groups in total. The SMILES string of the molecule is Fc1cc(F)cc(CN2CCNCC2C2CC2)c1. The van der Waals surface area contributed by atoms with Gasteiger partial charge >= 0.3 is 0 Å². The van der Waals surface area contributed by atoms with Crippen molar-refractivity contribution in [2.75, 3.05) is 19.6 Å². The van der Waals surface area contributed by atoms with E-state index in [-0.39, 0.29) is 0 Å². The molecule has 1 atom stereocenters. The van der Waals surface area contributed by atoms with Crippen LogP contribution < -0.4 is 5.32 Å². The molecule has 0 radical (unpaired) electrons. The fourth-order valence-corrected chi connectivity index (χ4v) is 2.85. The highest BCUT2D eigenvalue weighted by atomic mass is 19.1. The minimum Gasteiger partial charge on any atom is -0.314 e. The molecular weight excluding hydrogens is 234 g/mol. The van der Waals surface area contributed by atoms with E-state index in [4.69, 9.17) is 0 Å². The Morgan fingerprint density at radius 1 is 1.17 bits per heavy atom. The molecule has 1 aliphatic carbocycles. The van der Waals surface area contributed by atoms with Crippen LogP contribution in [-0.4, -0.2) is 30.6 Å². The van der Waals surface area contributed by atoms with Crippen molar-refractivity contribution >= 4 is 0 Å². The van der Waals surface area contributed by atoms with Crippen LogP contribution in [0.25, 0.3) is 0 Å². The molecule has 3 rings (SSSR count). The lowest BCUT2D eigenvalue weighted by molar-refractivity contribution is 0.135. The molecule has 18 heavy (non-hydrogen) atoms. The van der Waals surface area contributed by atoms with Crippen LogP contribution in [0.4, 0.5) is 8.78 Å². The highest BCUT2D eigenvalue weighted by Crippen LogP contribution is 2.36. The summed E-state index contributed by atoms with van der Waals surface area (Å²) in [5.74, 6) is -0.192. The first-order valence-corrected chi connectivity index (χ1v) is 6.62. The predicted molar refractivity (Wildman–Crippen MR) is 66.1 cm³/mol. The van der Waals surface area contributed by atoms with Crippen molar-refractivity contribution in [1.82, 2.24) is 10.2 Å². The molecule has 2 fully saturated rings. The summed E-state index contributed by atoms with van der Waals surface area (Å²) in [6.45, 7) is 3.57. The van der Waals surface area contributed by atoms with E-state index in [1.165, 1.54) is 25.0 Å². The molecule has 1 heterocycles. The van der Waals surface area contributed by atoms with Crippen LogP contribution in [0, 0.1) is 17.6 Å². The van der Waals surface area contributed by atoms with E-state index in [9.17, 15) is 8.78 Å². The number of nitrogens with zero attached hydrogens (tertiary/aromatic N) is 1. The van der Waals surface area contributed by atoms with Crippen molar-refractivity contribution < 1.29 is 8.78 Å². The average molecular weight is 252 g/mol. The smallest absolute Gasteiger partial charge is 0.126 e. The first-order chi connectivity index (χ1) is 8.72. The fourth-order valence-electron chi connectivity index (χ4n) is 2.85. The van der Waals surface area contributed by atoms with E-state index in [0.717, 1.165) is 37.2 Å². The second-order valence-corrected chi connectivity index (χ2v) is 5.36. The van der Waals surface area contributed by atoms with Crippen LogP contribution in [0.15, 0.2) is 18.2 Å². The lowest BCUT2D eigenvalue weighted by atomic mass is 10.1. The van der Waals surface area contributed by atoms with Crippen LogP contribution in [0.2, 0.25) is 0 Å². The Balaban J connectivity index is 1.73. The van der Waals surface area contributed by atoms with Gasteiger partial charge < -0.3 is 5.32 Å². The Morgan fingerprint density at radius 2 is 1.89 bits per heavy atom. The van der Waals surface area contributed by atoms with Gasteiger partial charge in [0.1, 0.15) is 11.6 Å². The zero-order valence-electron chi connectivity index (χ0n) is 10.3. The third-order valence-electron chi connectivity index (χ3n) is 3.87. The zero-order valence-corrected chi connectivity index (χ0v) is 10.3. The van der Waals surface area contributed by atoms with Gasteiger partial charge in [-0.2, -0.15) is 0 Å². The molecule has 2 nitrogen and oxygen atoms in total. The largest absolute Gasteiger partial charge is 0.314 e. The van der Waals surface area contributed by atoms with Crippen molar-refractivity contribution in [3.05, 3.63) is 35.4 Å². The van der Waals surface area contributed by atoms with Crippen LogP contribution in [-0.2, 0) is 6.54 Å². The van der Waals surface area contributed by atoms with Crippen LogP contribution >= 0.6 is 0 Å². The second kappa shape index (κ2) is 4.94. The number of piperazine rings is 1. The number of halogens is 2. The summed E-state index contributed by atoms with van der Waals surface area (Å²) in [5.41, 5.74) is 0.736. The maximum atomic E-state index is 13.2. The molecule has 4 heteroatoms. The summed E-state index contributed by atoms with van der Waals surface area (Å²) in [6.07, 6.45) is 2.58. The van der Waals surface area contributed by atoms with Crippen molar-refractivity contribution in [2.24, 2.45) is 5.92 Å². The van der Waals surface area contributed by atoms with E-state index in [1.807, 2.05) is 0 Å². The number of hydrogen-bond donors (Lipinski definition) is 1. The molecule has 1 aromatic rings. The van der Waals surface area contributed by atoms with Gasteiger partial charge in [0.2, 0.25) is 0 Å². The molecule has 0 spiro atoms. The summed E-state index contributed by atoms with van der Waals surface area (Å²) in [5, 5.41) is 3.40. The van der Waals surface area contributed by atoms with Gasteiger partial charge in [-0.3, -0.25) is 4.90 Å². The van der Waals surface area contributed by atoms with Gasteiger partial charge in [0.05, 0.1) is 0 Å². The molecule has 1 unspecified atom stereocenters. The maximum Gasteiger partial charge on any atom is 0.126 e. The van der Waals surface area contributed by atoms with Gasteiger partial charge in [-0.05, 0) is 36.5 Å². The Morgan fingerprint density at radius 3 is 2.56 bits per heavy atom. The molecule has 0 aromatic heterocycles. The van der Waals surface area contributed by atoms with Gasteiger partial charge in [0.15, 0.2) is 0 Å². The summed E-state index contributed by atoms with van der Waals surface area (Å²) >= 11 is 0. The van der Waals surface area contributed by atoms with Gasteiger partial charge in [0, 0.05) is 38.3 Å². The average Bonchev–Trinajstić information content (AvgIpc) is 3.12. The molecule has 0 amide bonds. The molecule has 1 aromatic carbocycles. The van der Waals surface area contributed by atoms with Crippen molar-refractivity contribution in [3.8, 4) is 0 Å². The van der Waals surface area contributed by atoms with Gasteiger partial charge in [-0.25, -0.2) is 8.78 Å². The maximum absolute atomic E-state index is 13.2. The number of nitrogens with one attached hydrogen (secondary N) is 1. The van der Waals surface area contributed by atoms with Crippen LogP contribution in [0.3, 0.4) is 0 Å². The number of hydrogen-bond acceptors (Lipinski definition) is 2. The standard InChI is InChI=1S/C14H18F2N2/c15-12-5-10(6-13(16)7-12)9-18-4-3-17-8-14(18)11-1-2-11/h5-7,11,14,17H,1-4,8-9H2. The lowest BCUT2D eigenvalue weighted by Gasteiger charge is -2.36. The fraction of sp³-hybridized carbons (Fsp3) is 0.571. The minimum absolute atomic E-state index is 0.483. The van der Waals surface area contributed by atoms with E-state index < -0.39 is 11.6 Å². The molecule has 1 aliphatic heterocycles. The van der Waals surface area contributed by atoms with Crippen molar-refractivity contribution in [3.63, 3.8) is 0 Å². The Bertz CT molecular complexity index is 412. The van der Waals surface area contributed by atoms with E-state index in [1.54, 1.807) is 0 Å². The van der Waals surface area contributed by atoms with E-state index in [0.29, 0.717) is 12.6 Å². The quantitative estimate of drug-likeness (QED) is 0.886. The third kappa shape index (κ3) is 2.70. The number of rotatable bonds is 3. The van der Waals surface area contributed by atoms with Crippen molar-refractivity contribution in [2.45, 2.75) is 25.4 Å². The summed E-state index contributed by atoms with van der Waals surface area (Å²) in [6, 6.07) is 4.34. The van der Waals surface area contributed by atoms with E-state index in [2.05, 4.69) is 10.2 Å². The van der Waals surface area contributed by atoms with E-state index >= 15 is 0 Å². The van der Waals surface area contributed by atoms with Crippen LogP contribution in [0.1, 0.15) is 18.4 Å². The first kappa shape index (κ1) is 12.1. The lowest BCUT2D eigenvalue weighted by Crippen LogP contribution is -2.51. The van der Waals surface area contributed by atoms with Gasteiger partial charge in [0.25, 0.3) is 0 Å². The highest BCUT2D eigenvalue weighted by Gasteiger charge is 2.36. The minimum atomic E-state index is -0.483. The predicted octanol–water partition coefficient (Wildman–Crippen LogP) is 2.15. The van der Waals surface area contributed by atoms with Crippen molar-refractivity contribution in [1.29, 1.82) is 0 Å². The Labute approximate surface area is 106 Å². The molecule has 1 saturated carbocycles. The summed E-state index contributed by atoms with van der Waals surface area (Å²) < 4.78 is 26.4. The molecule has 1 saturated heterocycles. The topological polar surface area (TPSA) is 15.3 Å². The normalized spacial score (nSPS) is 25.3. The number of benzene rings is 1. The molecule has 0 bridgehead atoms. The first-order valence-electron chi connectivity index (χ1n) is 6.62. The van der Waals surface area contributed by atoms with Gasteiger partial charge in [-0.15, -0.1) is 0 Å². The second-order valence-electron chi connectivity index (χ2n) is 5.36. The van der Waals surface area contributed by atoms with Crippen LogP contribution in [0.5, 0.6) is 0 Å². The summed E-state index contributed by atoms with van der Waals surface area (Å²) in [4.78, 5) is 2.36. The highest BCUT2D eigenvalue weighted by molar-refractivity contribution is 5.18. The Hall–Kier alpha value is -1.00. The monoisotopic (exact) mass is 252 g/mol.